The zero-order chi connectivity index (χ0) is 7.72. The topological polar surface area (TPSA) is 31.6 Å². The first-order valence-corrected chi connectivity index (χ1v) is 3.72. The van der Waals surface area contributed by atoms with Gasteiger partial charge in [-0.15, -0.1) is 0 Å². The fourth-order valence-electron chi connectivity index (χ4n) is 0.662. The molecule has 0 atom stereocenters. The summed E-state index contributed by atoms with van der Waals surface area (Å²) in [6.45, 7) is 3.91. The molecule has 1 rings (SSSR count). The van der Waals surface area contributed by atoms with Gasteiger partial charge in [0.1, 0.15) is 4.64 Å². The summed E-state index contributed by atoms with van der Waals surface area (Å²) < 4.78 is 1.31. The second-order valence-electron chi connectivity index (χ2n) is 2.16. The Morgan fingerprint density at radius 3 is 2.20 bits per heavy atom. The van der Waals surface area contributed by atoms with Crippen LogP contribution in [0.15, 0.2) is 0 Å². The van der Waals surface area contributed by atoms with E-state index in [1.165, 1.54) is 0 Å². The van der Waals surface area contributed by atoms with Gasteiger partial charge in [0.05, 0.1) is 0 Å². The van der Waals surface area contributed by atoms with E-state index in [1.807, 2.05) is 13.8 Å². The van der Waals surface area contributed by atoms with Crippen LogP contribution in [0.3, 0.4) is 0 Å². The van der Waals surface area contributed by atoms with Crippen LogP contribution in [0.4, 0.5) is 0 Å². The van der Waals surface area contributed by atoms with Crippen LogP contribution in [0.2, 0.25) is 0 Å². The molecule has 0 aliphatic rings. The number of hydrogen-bond acceptors (Lipinski definition) is 2. The first kappa shape index (κ1) is 7.63. The standard InChI is InChI=1S/C6H8N2S2/c1-3-4(2)7-6(10)8-5(3)9/h1-2H3,(H2,7,8,9,10). The van der Waals surface area contributed by atoms with E-state index in [4.69, 9.17) is 24.4 Å². The van der Waals surface area contributed by atoms with E-state index >= 15 is 0 Å². The van der Waals surface area contributed by atoms with E-state index in [0.29, 0.717) is 4.77 Å². The maximum atomic E-state index is 4.99. The first-order valence-electron chi connectivity index (χ1n) is 2.91. The van der Waals surface area contributed by atoms with Crippen molar-refractivity contribution in [2.75, 3.05) is 0 Å². The summed E-state index contributed by atoms with van der Waals surface area (Å²) in [5.41, 5.74) is 2.09. The van der Waals surface area contributed by atoms with Crippen molar-refractivity contribution in [2.24, 2.45) is 0 Å². The molecular weight excluding hydrogens is 164 g/mol. The Kier molecular flexibility index (Phi) is 2.01. The van der Waals surface area contributed by atoms with Crippen molar-refractivity contribution in [3.8, 4) is 0 Å². The van der Waals surface area contributed by atoms with Crippen LogP contribution < -0.4 is 0 Å². The molecule has 0 fully saturated rings. The van der Waals surface area contributed by atoms with E-state index < -0.39 is 0 Å². The minimum atomic E-state index is 0.591. The number of H-pyrrole nitrogens is 2. The average Bonchev–Trinajstić information content (AvgIpc) is 1.82. The Hall–Kier alpha value is -0.480. The predicted molar refractivity (Wildman–Crippen MR) is 46.3 cm³/mol. The Morgan fingerprint density at radius 2 is 1.70 bits per heavy atom. The molecular formula is C6H8N2S2. The molecule has 0 saturated carbocycles. The van der Waals surface area contributed by atoms with Crippen LogP contribution >= 0.6 is 24.4 Å². The van der Waals surface area contributed by atoms with Gasteiger partial charge < -0.3 is 9.97 Å². The second kappa shape index (κ2) is 2.64. The van der Waals surface area contributed by atoms with Crippen molar-refractivity contribution in [3.05, 3.63) is 20.7 Å². The summed E-state index contributed by atoms with van der Waals surface area (Å²) in [6, 6.07) is 0. The van der Waals surface area contributed by atoms with Gasteiger partial charge in [-0.3, -0.25) is 0 Å². The van der Waals surface area contributed by atoms with Crippen LogP contribution in [-0.2, 0) is 0 Å². The second-order valence-corrected chi connectivity index (χ2v) is 2.97. The van der Waals surface area contributed by atoms with E-state index in [9.17, 15) is 0 Å². The Morgan fingerprint density at radius 1 is 1.10 bits per heavy atom. The normalized spacial score (nSPS) is 9.80. The highest BCUT2D eigenvalue weighted by Crippen LogP contribution is 2.01. The molecule has 1 aromatic rings. The van der Waals surface area contributed by atoms with Crippen LogP contribution in [0.5, 0.6) is 0 Å². The minimum Gasteiger partial charge on any atom is -0.336 e. The molecule has 0 bridgehead atoms. The van der Waals surface area contributed by atoms with E-state index in [2.05, 4.69) is 9.97 Å². The number of rotatable bonds is 0. The SMILES string of the molecule is Cc1[nH]c(=S)[nH]c(=S)c1C. The lowest BCUT2D eigenvalue weighted by Gasteiger charge is -1.97. The van der Waals surface area contributed by atoms with Crippen molar-refractivity contribution < 1.29 is 0 Å². The number of aromatic amines is 2. The molecule has 2 nitrogen and oxygen atoms in total. The third-order valence-electron chi connectivity index (χ3n) is 1.43. The van der Waals surface area contributed by atoms with Crippen LogP contribution in [0, 0.1) is 23.3 Å². The van der Waals surface area contributed by atoms with Crippen LogP contribution in [-0.4, -0.2) is 9.97 Å². The lowest BCUT2D eigenvalue weighted by atomic mass is 10.3. The summed E-state index contributed by atoms with van der Waals surface area (Å²) in [5.74, 6) is 0. The molecule has 0 spiro atoms. The lowest BCUT2D eigenvalue weighted by Crippen LogP contribution is -1.91. The maximum absolute atomic E-state index is 4.99. The molecule has 0 aliphatic heterocycles. The molecule has 0 unspecified atom stereocenters. The monoisotopic (exact) mass is 172 g/mol. The third-order valence-corrected chi connectivity index (χ3v) is 2.04. The summed E-state index contributed by atoms with van der Waals surface area (Å²) in [4.78, 5) is 5.83. The van der Waals surface area contributed by atoms with Gasteiger partial charge in [-0.25, -0.2) is 0 Å². The quantitative estimate of drug-likeness (QED) is 0.589. The number of hydrogen-bond donors (Lipinski definition) is 2. The van der Waals surface area contributed by atoms with Crippen molar-refractivity contribution in [1.29, 1.82) is 0 Å². The molecule has 2 N–H and O–H groups in total. The van der Waals surface area contributed by atoms with Crippen molar-refractivity contribution in [3.63, 3.8) is 0 Å². The number of aryl methyl sites for hydroxylation is 1. The first-order chi connectivity index (χ1) is 4.61. The number of nitrogens with one attached hydrogen (secondary N) is 2. The van der Waals surface area contributed by atoms with Crippen LogP contribution in [0.25, 0.3) is 0 Å². The van der Waals surface area contributed by atoms with Crippen LogP contribution in [0.1, 0.15) is 11.3 Å². The molecule has 4 heteroatoms. The highest BCUT2D eigenvalue weighted by atomic mass is 32.1. The molecule has 0 saturated heterocycles. The van der Waals surface area contributed by atoms with Gasteiger partial charge in [-0.2, -0.15) is 0 Å². The van der Waals surface area contributed by atoms with Crippen molar-refractivity contribution >= 4 is 24.4 Å². The fourth-order valence-corrected chi connectivity index (χ4v) is 1.24. The smallest absolute Gasteiger partial charge is 0.175 e. The third kappa shape index (κ3) is 1.33. The summed E-state index contributed by atoms with van der Waals surface area (Å²) in [5, 5.41) is 0. The summed E-state index contributed by atoms with van der Waals surface area (Å²) in [6.07, 6.45) is 0. The Bertz CT molecular complexity index is 348. The van der Waals surface area contributed by atoms with E-state index in [1.54, 1.807) is 0 Å². The van der Waals surface area contributed by atoms with Crippen molar-refractivity contribution in [1.82, 2.24) is 9.97 Å². The van der Waals surface area contributed by atoms with E-state index in [0.717, 1.165) is 15.9 Å². The lowest BCUT2D eigenvalue weighted by molar-refractivity contribution is 1.03. The number of aromatic nitrogens is 2. The van der Waals surface area contributed by atoms with E-state index in [-0.39, 0.29) is 0 Å². The minimum absolute atomic E-state index is 0.591. The van der Waals surface area contributed by atoms with Gasteiger partial charge in [-0.05, 0) is 26.1 Å². The molecule has 54 valence electrons. The van der Waals surface area contributed by atoms with Gasteiger partial charge in [0.25, 0.3) is 0 Å². The largest absolute Gasteiger partial charge is 0.336 e. The Balaban J connectivity index is 3.62. The Labute approximate surface area is 69.3 Å². The van der Waals surface area contributed by atoms with Gasteiger partial charge in [-0.1, -0.05) is 12.2 Å². The predicted octanol–water partition coefficient (Wildman–Crippen LogP) is 2.42. The zero-order valence-corrected chi connectivity index (χ0v) is 7.45. The van der Waals surface area contributed by atoms with Gasteiger partial charge in [0, 0.05) is 11.3 Å². The summed E-state index contributed by atoms with van der Waals surface area (Å²) >= 11 is 9.85. The molecule has 0 aromatic carbocycles. The zero-order valence-electron chi connectivity index (χ0n) is 5.82. The summed E-state index contributed by atoms with van der Waals surface area (Å²) in [7, 11) is 0. The maximum Gasteiger partial charge on any atom is 0.175 e. The highest BCUT2D eigenvalue weighted by Gasteiger charge is 1.92. The molecule has 0 radical (unpaired) electrons. The molecule has 1 heterocycles. The molecule has 0 amide bonds. The van der Waals surface area contributed by atoms with Gasteiger partial charge >= 0.3 is 0 Å². The fraction of sp³-hybridized carbons (Fsp3) is 0.333. The van der Waals surface area contributed by atoms with Crippen molar-refractivity contribution in [2.45, 2.75) is 13.8 Å². The van der Waals surface area contributed by atoms with Gasteiger partial charge in [0.15, 0.2) is 4.77 Å². The molecule has 0 aliphatic carbocycles. The average molecular weight is 172 g/mol. The highest BCUT2D eigenvalue weighted by molar-refractivity contribution is 7.72. The molecule has 10 heavy (non-hydrogen) atoms. The van der Waals surface area contributed by atoms with Gasteiger partial charge in [0.2, 0.25) is 0 Å². The molecule has 1 aromatic heterocycles.